The number of carbonyl (C=O) groups is 1. The lowest BCUT2D eigenvalue weighted by Gasteiger charge is -2.03. The van der Waals surface area contributed by atoms with Gasteiger partial charge in [-0.3, -0.25) is 4.79 Å². The molecule has 0 aliphatic carbocycles. The zero-order valence-electron chi connectivity index (χ0n) is 11.4. The summed E-state index contributed by atoms with van der Waals surface area (Å²) in [6.07, 6.45) is 0. The monoisotopic (exact) mass is 265 g/mol. The van der Waals surface area contributed by atoms with Crippen molar-refractivity contribution in [2.75, 3.05) is 0 Å². The van der Waals surface area contributed by atoms with Crippen molar-refractivity contribution in [1.82, 2.24) is 4.98 Å². The molecule has 0 amide bonds. The molecule has 3 aromatic rings. The SMILES string of the molecule is CC(=O)Oc1cccc2c(-c3ccccc3)c(C)[nH]c12. The Bertz CT molecular complexity index is 772. The Morgan fingerprint density at radius 3 is 2.50 bits per heavy atom. The molecule has 0 saturated carbocycles. The van der Waals surface area contributed by atoms with Crippen LogP contribution < -0.4 is 4.74 Å². The Morgan fingerprint density at radius 1 is 1.05 bits per heavy atom. The fraction of sp³-hybridized carbons (Fsp3) is 0.118. The van der Waals surface area contributed by atoms with Gasteiger partial charge in [-0.05, 0) is 18.6 Å². The largest absolute Gasteiger partial charge is 0.424 e. The molecule has 0 spiro atoms. The van der Waals surface area contributed by atoms with Crippen LogP contribution in [0.4, 0.5) is 0 Å². The van der Waals surface area contributed by atoms with Gasteiger partial charge in [0.05, 0.1) is 5.52 Å². The van der Waals surface area contributed by atoms with Crippen molar-refractivity contribution in [3.8, 4) is 16.9 Å². The third-order valence-electron chi connectivity index (χ3n) is 3.30. The molecule has 0 aliphatic rings. The van der Waals surface area contributed by atoms with Crippen LogP contribution in [0.15, 0.2) is 48.5 Å². The Hall–Kier alpha value is -2.55. The third kappa shape index (κ3) is 2.07. The number of fused-ring (bicyclic) bond motifs is 1. The molecule has 0 bridgehead atoms. The molecule has 0 unspecified atom stereocenters. The van der Waals surface area contributed by atoms with Crippen LogP contribution in [-0.4, -0.2) is 11.0 Å². The van der Waals surface area contributed by atoms with Crippen LogP contribution in [0.3, 0.4) is 0 Å². The van der Waals surface area contributed by atoms with E-state index in [4.69, 9.17) is 4.74 Å². The van der Waals surface area contributed by atoms with Crippen LogP contribution >= 0.6 is 0 Å². The maximum Gasteiger partial charge on any atom is 0.308 e. The number of hydrogen-bond donors (Lipinski definition) is 1. The number of aromatic amines is 1. The van der Waals surface area contributed by atoms with Gasteiger partial charge in [0, 0.05) is 23.6 Å². The highest BCUT2D eigenvalue weighted by Gasteiger charge is 2.14. The van der Waals surface area contributed by atoms with Gasteiger partial charge in [0.2, 0.25) is 0 Å². The molecule has 1 heterocycles. The van der Waals surface area contributed by atoms with Crippen molar-refractivity contribution >= 4 is 16.9 Å². The summed E-state index contributed by atoms with van der Waals surface area (Å²) in [5.74, 6) is 0.256. The lowest BCUT2D eigenvalue weighted by molar-refractivity contribution is -0.131. The molecular weight excluding hydrogens is 250 g/mol. The molecule has 0 fully saturated rings. The molecule has 20 heavy (non-hydrogen) atoms. The van der Waals surface area contributed by atoms with E-state index in [2.05, 4.69) is 17.1 Å². The molecular formula is C17H15NO2. The lowest BCUT2D eigenvalue weighted by atomic mass is 10.0. The first kappa shape index (κ1) is 12.5. The molecule has 3 heteroatoms. The minimum Gasteiger partial charge on any atom is -0.424 e. The fourth-order valence-electron chi connectivity index (χ4n) is 2.54. The van der Waals surface area contributed by atoms with Crippen molar-refractivity contribution in [3.05, 3.63) is 54.2 Å². The zero-order valence-corrected chi connectivity index (χ0v) is 11.4. The van der Waals surface area contributed by atoms with E-state index in [1.165, 1.54) is 6.92 Å². The highest BCUT2D eigenvalue weighted by Crippen LogP contribution is 2.36. The van der Waals surface area contributed by atoms with Gasteiger partial charge in [-0.25, -0.2) is 0 Å². The van der Waals surface area contributed by atoms with Gasteiger partial charge < -0.3 is 9.72 Å². The number of aromatic nitrogens is 1. The van der Waals surface area contributed by atoms with E-state index in [0.29, 0.717) is 5.75 Å². The number of rotatable bonds is 2. The second kappa shape index (κ2) is 4.85. The van der Waals surface area contributed by atoms with Crippen LogP contribution in [0.5, 0.6) is 5.75 Å². The van der Waals surface area contributed by atoms with Crippen molar-refractivity contribution in [3.63, 3.8) is 0 Å². The Morgan fingerprint density at radius 2 is 1.80 bits per heavy atom. The van der Waals surface area contributed by atoms with Gasteiger partial charge in [-0.15, -0.1) is 0 Å². The normalized spacial score (nSPS) is 10.7. The van der Waals surface area contributed by atoms with Crippen molar-refractivity contribution in [2.45, 2.75) is 13.8 Å². The van der Waals surface area contributed by atoms with E-state index >= 15 is 0 Å². The van der Waals surface area contributed by atoms with Gasteiger partial charge in [0.1, 0.15) is 0 Å². The summed E-state index contributed by atoms with van der Waals surface area (Å²) in [5.41, 5.74) is 4.22. The standard InChI is InChI=1S/C17H15NO2/c1-11-16(13-7-4-3-5-8-13)14-9-6-10-15(17(14)18-11)20-12(2)19/h3-10,18H,1-2H3. The van der Waals surface area contributed by atoms with E-state index in [0.717, 1.165) is 27.7 Å². The molecule has 0 saturated heterocycles. The van der Waals surface area contributed by atoms with Crippen LogP contribution in [0.25, 0.3) is 22.0 Å². The van der Waals surface area contributed by atoms with E-state index in [1.54, 1.807) is 6.07 Å². The van der Waals surface area contributed by atoms with Crippen molar-refractivity contribution < 1.29 is 9.53 Å². The predicted molar refractivity (Wildman–Crippen MR) is 79.8 cm³/mol. The first-order valence-corrected chi connectivity index (χ1v) is 6.52. The minimum absolute atomic E-state index is 0.314. The van der Waals surface area contributed by atoms with Crippen molar-refractivity contribution in [2.24, 2.45) is 0 Å². The molecule has 100 valence electrons. The second-order valence-electron chi connectivity index (χ2n) is 4.76. The maximum absolute atomic E-state index is 11.2. The number of para-hydroxylation sites is 1. The van der Waals surface area contributed by atoms with E-state index in [-0.39, 0.29) is 5.97 Å². The van der Waals surface area contributed by atoms with E-state index < -0.39 is 0 Å². The first-order chi connectivity index (χ1) is 9.66. The molecule has 1 aromatic heterocycles. The minimum atomic E-state index is -0.314. The summed E-state index contributed by atoms with van der Waals surface area (Å²) in [5, 5.41) is 1.06. The van der Waals surface area contributed by atoms with Gasteiger partial charge in [-0.1, -0.05) is 42.5 Å². The Balaban J connectivity index is 2.25. The lowest BCUT2D eigenvalue weighted by Crippen LogP contribution is -2.01. The number of nitrogens with one attached hydrogen (secondary N) is 1. The van der Waals surface area contributed by atoms with Crippen LogP contribution in [-0.2, 0) is 4.79 Å². The van der Waals surface area contributed by atoms with Crippen LogP contribution in [0, 0.1) is 6.92 Å². The molecule has 0 atom stereocenters. The number of aryl methyl sites for hydroxylation is 1. The number of H-pyrrole nitrogens is 1. The van der Waals surface area contributed by atoms with E-state index in [1.807, 2.05) is 37.3 Å². The number of hydrogen-bond acceptors (Lipinski definition) is 2. The number of esters is 1. The number of benzene rings is 2. The summed E-state index contributed by atoms with van der Waals surface area (Å²) >= 11 is 0. The third-order valence-corrected chi connectivity index (χ3v) is 3.30. The summed E-state index contributed by atoms with van der Waals surface area (Å²) in [6, 6.07) is 15.9. The Kier molecular flexibility index (Phi) is 3.03. The average Bonchev–Trinajstić information content (AvgIpc) is 2.76. The van der Waals surface area contributed by atoms with Crippen LogP contribution in [0.2, 0.25) is 0 Å². The topological polar surface area (TPSA) is 42.1 Å². The average molecular weight is 265 g/mol. The fourth-order valence-corrected chi connectivity index (χ4v) is 2.54. The summed E-state index contributed by atoms with van der Waals surface area (Å²) in [4.78, 5) is 14.5. The molecule has 0 radical (unpaired) electrons. The smallest absolute Gasteiger partial charge is 0.308 e. The summed E-state index contributed by atoms with van der Waals surface area (Å²) in [6.45, 7) is 3.44. The van der Waals surface area contributed by atoms with Crippen molar-refractivity contribution in [1.29, 1.82) is 0 Å². The molecule has 0 aliphatic heterocycles. The van der Waals surface area contributed by atoms with Gasteiger partial charge in [0.15, 0.2) is 5.75 Å². The Labute approximate surface area is 117 Å². The molecule has 3 rings (SSSR count). The highest BCUT2D eigenvalue weighted by molar-refractivity contribution is 6.00. The highest BCUT2D eigenvalue weighted by atomic mass is 16.5. The van der Waals surface area contributed by atoms with Gasteiger partial charge >= 0.3 is 5.97 Å². The van der Waals surface area contributed by atoms with Gasteiger partial charge in [-0.2, -0.15) is 0 Å². The second-order valence-corrected chi connectivity index (χ2v) is 4.76. The van der Waals surface area contributed by atoms with E-state index in [9.17, 15) is 4.79 Å². The molecule has 1 N–H and O–H groups in total. The summed E-state index contributed by atoms with van der Waals surface area (Å²) < 4.78 is 5.26. The zero-order chi connectivity index (χ0) is 14.1. The number of carbonyl (C=O) groups excluding carboxylic acids is 1. The summed E-state index contributed by atoms with van der Waals surface area (Å²) in [7, 11) is 0. The van der Waals surface area contributed by atoms with Crippen LogP contribution in [0.1, 0.15) is 12.6 Å². The van der Waals surface area contributed by atoms with Gasteiger partial charge in [0.25, 0.3) is 0 Å². The predicted octanol–water partition coefficient (Wildman–Crippen LogP) is 4.07. The number of ether oxygens (including phenoxy) is 1. The molecule has 3 nitrogen and oxygen atoms in total. The molecule has 2 aromatic carbocycles. The maximum atomic E-state index is 11.2. The quantitative estimate of drug-likeness (QED) is 0.560. The first-order valence-electron chi connectivity index (χ1n) is 6.52.